The lowest BCUT2D eigenvalue weighted by Gasteiger charge is -2.12. The van der Waals surface area contributed by atoms with E-state index in [1.807, 2.05) is 13.1 Å². The molecule has 1 amide bonds. The van der Waals surface area contributed by atoms with Gasteiger partial charge in [0.05, 0.1) is 6.20 Å². The van der Waals surface area contributed by atoms with Gasteiger partial charge in [0.15, 0.2) is 0 Å². The summed E-state index contributed by atoms with van der Waals surface area (Å²) in [4.78, 5) is 11.8. The van der Waals surface area contributed by atoms with Crippen molar-refractivity contribution in [1.82, 2.24) is 20.0 Å². The molecule has 0 radical (unpaired) electrons. The standard InChI is InChI=1S/C13H19N5OS/c1-9-7-14-18(8-9)6-5-10(19)15-12-17-16-11(20-12)13(2,3)4/h7-8H,5-6H2,1-4H3,(H,15,17,19). The van der Waals surface area contributed by atoms with Gasteiger partial charge >= 0.3 is 0 Å². The van der Waals surface area contributed by atoms with Crippen molar-refractivity contribution in [2.24, 2.45) is 0 Å². The van der Waals surface area contributed by atoms with Gasteiger partial charge < -0.3 is 5.32 Å². The van der Waals surface area contributed by atoms with Crippen LogP contribution in [0.15, 0.2) is 12.4 Å². The fourth-order valence-corrected chi connectivity index (χ4v) is 2.38. The van der Waals surface area contributed by atoms with Crippen molar-refractivity contribution in [3.63, 3.8) is 0 Å². The SMILES string of the molecule is Cc1cnn(CCC(=O)Nc2nnc(C(C)(C)C)s2)c1. The number of hydrogen-bond acceptors (Lipinski definition) is 5. The first kappa shape index (κ1) is 14.6. The number of hydrogen-bond donors (Lipinski definition) is 1. The first-order chi connectivity index (χ1) is 9.34. The van der Waals surface area contributed by atoms with E-state index in [0.29, 0.717) is 18.1 Å². The second-order valence-corrected chi connectivity index (χ2v) is 6.72. The molecule has 0 spiro atoms. The molecule has 0 unspecified atom stereocenters. The lowest BCUT2D eigenvalue weighted by Crippen LogP contribution is -2.14. The van der Waals surface area contributed by atoms with E-state index >= 15 is 0 Å². The molecule has 108 valence electrons. The summed E-state index contributed by atoms with van der Waals surface area (Å²) in [5, 5.41) is 16.5. The molecule has 2 aromatic rings. The maximum atomic E-state index is 11.8. The highest BCUT2D eigenvalue weighted by molar-refractivity contribution is 7.15. The molecule has 2 rings (SSSR count). The van der Waals surface area contributed by atoms with Crippen LogP contribution in [0, 0.1) is 6.92 Å². The summed E-state index contributed by atoms with van der Waals surface area (Å²) in [7, 11) is 0. The van der Waals surface area contributed by atoms with Crippen LogP contribution < -0.4 is 5.32 Å². The number of rotatable bonds is 4. The highest BCUT2D eigenvalue weighted by atomic mass is 32.1. The number of carbonyl (C=O) groups excluding carboxylic acids is 1. The number of nitrogens with one attached hydrogen (secondary N) is 1. The summed E-state index contributed by atoms with van der Waals surface area (Å²) < 4.78 is 1.76. The zero-order valence-corrected chi connectivity index (χ0v) is 13.0. The molecule has 0 saturated carbocycles. The fraction of sp³-hybridized carbons (Fsp3) is 0.538. The predicted octanol–water partition coefficient (Wildman–Crippen LogP) is 2.37. The highest BCUT2D eigenvalue weighted by Crippen LogP contribution is 2.27. The van der Waals surface area contributed by atoms with E-state index in [1.165, 1.54) is 11.3 Å². The molecule has 2 heterocycles. The summed E-state index contributed by atoms with van der Waals surface area (Å²) in [5.41, 5.74) is 1.04. The molecule has 7 heteroatoms. The Balaban J connectivity index is 1.87. The van der Waals surface area contributed by atoms with Crippen LogP contribution in [0.2, 0.25) is 0 Å². The van der Waals surface area contributed by atoms with Crippen LogP contribution in [0.3, 0.4) is 0 Å². The van der Waals surface area contributed by atoms with Gasteiger partial charge in [-0.3, -0.25) is 9.48 Å². The van der Waals surface area contributed by atoms with Crippen molar-refractivity contribution in [1.29, 1.82) is 0 Å². The van der Waals surface area contributed by atoms with Gasteiger partial charge in [0.2, 0.25) is 11.0 Å². The smallest absolute Gasteiger partial charge is 0.228 e. The predicted molar refractivity (Wildman–Crippen MR) is 78.8 cm³/mol. The molecule has 1 N–H and O–H groups in total. The molecule has 20 heavy (non-hydrogen) atoms. The fourth-order valence-electron chi connectivity index (χ4n) is 1.56. The molecule has 0 saturated heterocycles. The Hall–Kier alpha value is -1.76. The largest absolute Gasteiger partial charge is 0.300 e. The third kappa shape index (κ3) is 3.86. The van der Waals surface area contributed by atoms with Gasteiger partial charge in [0.1, 0.15) is 5.01 Å². The Kier molecular flexibility index (Phi) is 4.17. The van der Waals surface area contributed by atoms with E-state index in [-0.39, 0.29) is 11.3 Å². The highest BCUT2D eigenvalue weighted by Gasteiger charge is 2.19. The number of aromatic nitrogens is 4. The number of nitrogens with zero attached hydrogens (tertiary/aromatic N) is 4. The molecular weight excluding hydrogens is 274 g/mol. The first-order valence-electron chi connectivity index (χ1n) is 6.47. The number of carbonyl (C=O) groups is 1. The summed E-state index contributed by atoms with van der Waals surface area (Å²) in [6.45, 7) is 8.74. The van der Waals surface area contributed by atoms with Crippen molar-refractivity contribution in [3.8, 4) is 0 Å². The first-order valence-corrected chi connectivity index (χ1v) is 7.29. The minimum absolute atomic E-state index is 0.0484. The van der Waals surface area contributed by atoms with E-state index in [9.17, 15) is 4.79 Å². The van der Waals surface area contributed by atoms with Gasteiger partial charge in [0.25, 0.3) is 0 Å². The summed E-state index contributed by atoms with van der Waals surface area (Å²) in [6.07, 6.45) is 4.06. The van der Waals surface area contributed by atoms with Crippen LogP contribution in [-0.2, 0) is 16.8 Å². The van der Waals surface area contributed by atoms with Crippen LogP contribution in [-0.4, -0.2) is 25.9 Å². The van der Waals surface area contributed by atoms with Gasteiger partial charge in [0, 0.05) is 24.6 Å². The Morgan fingerprint density at radius 1 is 1.40 bits per heavy atom. The number of aryl methyl sites for hydroxylation is 2. The van der Waals surface area contributed by atoms with Gasteiger partial charge in [-0.1, -0.05) is 32.1 Å². The molecule has 0 aromatic carbocycles. The van der Waals surface area contributed by atoms with E-state index in [0.717, 1.165) is 10.6 Å². The van der Waals surface area contributed by atoms with E-state index in [1.54, 1.807) is 10.9 Å². The molecule has 0 bridgehead atoms. The Morgan fingerprint density at radius 3 is 2.70 bits per heavy atom. The molecular formula is C13H19N5OS. The van der Waals surface area contributed by atoms with Crippen molar-refractivity contribution in [2.75, 3.05) is 5.32 Å². The van der Waals surface area contributed by atoms with Crippen LogP contribution in [0.4, 0.5) is 5.13 Å². The van der Waals surface area contributed by atoms with Gasteiger partial charge in [-0.2, -0.15) is 5.10 Å². The summed E-state index contributed by atoms with van der Waals surface area (Å²) in [5.74, 6) is -0.0743. The van der Waals surface area contributed by atoms with Crippen LogP contribution in [0.1, 0.15) is 37.8 Å². The maximum absolute atomic E-state index is 11.8. The second kappa shape index (κ2) is 5.70. The third-order valence-corrected chi connectivity index (χ3v) is 3.91. The normalized spacial score (nSPS) is 11.6. The van der Waals surface area contributed by atoms with Crippen LogP contribution >= 0.6 is 11.3 Å². The molecule has 0 fully saturated rings. The Labute approximate surface area is 122 Å². The zero-order valence-electron chi connectivity index (χ0n) is 12.2. The summed E-state index contributed by atoms with van der Waals surface area (Å²) >= 11 is 1.42. The van der Waals surface area contributed by atoms with Crippen LogP contribution in [0.5, 0.6) is 0 Å². The zero-order chi connectivity index (χ0) is 14.8. The second-order valence-electron chi connectivity index (χ2n) is 5.74. The lowest BCUT2D eigenvalue weighted by molar-refractivity contribution is -0.116. The van der Waals surface area contributed by atoms with Crippen molar-refractivity contribution in [2.45, 2.75) is 46.1 Å². The Morgan fingerprint density at radius 2 is 2.15 bits per heavy atom. The lowest BCUT2D eigenvalue weighted by atomic mass is 9.98. The monoisotopic (exact) mass is 293 g/mol. The van der Waals surface area contributed by atoms with Gasteiger partial charge in [-0.25, -0.2) is 0 Å². The van der Waals surface area contributed by atoms with Crippen molar-refractivity contribution in [3.05, 3.63) is 23.0 Å². The van der Waals surface area contributed by atoms with E-state index < -0.39 is 0 Å². The average Bonchev–Trinajstić information content (AvgIpc) is 2.95. The number of amides is 1. The van der Waals surface area contributed by atoms with E-state index in [4.69, 9.17) is 0 Å². The average molecular weight is 293 g/mol. The van der Waals surface area contributed by atoms with E-state index in [2.05, 4.69) is 41.4 Å². The van der Waals surface area contributed by atoms with Crippen LogP contribution in [0.25, 0.3) is 0 Å². The molecule has 0 aliphatic rings. The molecule has 2 aromatic heterocycles. The van der Waals surface area contributed by atoms with Crippen molar-refractivity contribution < 1.29 is 4.79 Å². The quantitative estimate of drug-likeness (QED) is 0.939. The minimum atomic E-state index is -0.0743. The molecule has 0 aliphatic carbocycles. The molecule has 6 nitrogen and oxygen atoms in total. The molecule has 0 atom stereocenters. The van der Waals surface area contributed by atoms with Gasteiger partial charge in [-0.15, -0.1) is 10.2 Å². The molecule has 0 aliphatic heterocycles. The maximum Gasteiger partial charge on any atom is 0.228 e. The Bertz CT molecular complexity index is 596. The topological polar surface area (TPSA) is 72.7 Å². The number of anilines is 1. The minimum Gasteiger partial charge on any atom is -0.300 e. The third-order valence-electron chi connectivity index (χ3n) is 2.64. The van der Waals surface area contributed by atoms with Crippen molar-refractivity contribution >= 4 is 22.4 Å². The summed E-state index contributed by atoms with van der Waals surface area (Å²) in [6, 6.07) is 0. The van der Waals surface area contributed by atoms with Gasteiger partial charge in [-0.05, 0) is 12.5 Å².